The standard InChI is InChI=1S/C24H29F2N3O/c1-28-10-12-29(13-11-28)24(30)23-15-21(27-16-17-2-6-19(25)7-3-17)14-22(23)18-4-8-20(26)9-5-18/h2-9,21-23,27H,10-16H2,1H3/t21-,22+,23-/m0/s1. The lowest BCUT2D eigenvalue weighted by molar-refractivity contribution is -0.137. The molecule has 2 fully saturated rings. The summed E-state index contributed by atoms with van der Waals surface area (Å²) in [7, 11) is 2.08. The maximum atomic E-state index is 13.5. The molecular formula is C24H29F2N3O. The first kappa shape index (κ1) is 20.9. The molecule has 2 aromatic rings. The Morgan fingerprint density at radius 2 is 1.53 bits per heavy atom. The van der Waals surface area contributed by atoms with Gasteiger partial charge in [-0.3, -0.25) is 4.79 Å². The second-order valence-corrected chi connectivity index (χ2v) is 8.57. The average molecular weight is 414 g/mol. The Balaban J connectivity index is 1.47. The van der Waals surface area contributed by atoms with E-state index in [4.69, 9.17) is 0 Å². The predicted molar refractivity (Wildman–Crippen MR) is 113 cm³/mol. The monoisotopic (exact) mass is 413 g/mol. The van der Waals surface area contributed by atoms with Crippen LogP contribution in [0.4, 0.5) is 8.78 Å². The van der Waals surface area contributed by atoms with Crippen molar-refractivity contribution in [3.63, 3.8) is 0 Å². The first-order valence-corrected chi connectivity index (χ1v) is 10.7. The van der Waals surface area contributed by atoms with Gasteiger partial charge < -0.3 is 15.1 Å². The van der Waals surface area contributed by atoms with Crippen LogP contribution in [0.3, 0.4) is 0 Å². The van der Waals surface area contributed by atoms with Gasteiger partial charge in [0.25, 0.3) is 0 Å². The predicted octanol–water partition coefficient (Wildman–Crippen LogP) is 3.39. The van der Waals surface area contributed by atoms with Crippen molar-refractivity contribution < 1.29 is 13.6 Å². The third-order valence-corrected chi connectivity index (χ3v) is 6.50. The van der Waals surface area contributed by atoms with Crippen molar-refractivity contribution in [3.8, 4) is 0 Å². The van der Waals surface area contributed by atoms with E-state index < -0.39 is 0 Å². The zero-order chi connectivity index (χ0) is 21.1. The van der Waals surface area contributed by atoms with E-state index in [1.807, 2.05) is 17.0 Å². The van der Waals surface area contributed by atoms with Crippen LogP contribution in [0.1, 0.15) is 29.9 Å². The number of carbonyl (C=O) groups is 1. The molecule has 1 amide bonds. The lowest BCUT2D eigenvalue weighted by Crippen LogP contribution is -2.49. The van der Waals surface area contributed by atoms with Gasteiger partial charge in [-0.25, -0.2) is 8.78 Å². The highest BCUT2D eigenvalue weighted by atomic mass is 19.1. The van der Waals surface area contributed by atoms with E-state index in [2.05, 4.69) is 17.3 Å². The molecule has 0 aromatic heterocycles. The number of halogens is 2. The van der Waals surface area contributed by atoms with Crippen LogP contribution in [0, 0.1) is 17.6 Å². The summed E-state index contributed by atoms with van der Waals surface area (Å²) in [6.45, 7) is 3.94. The van der Waals surface area contributed by atoms with Crippen LogP contribution >= 0.6 is 0 Å². The van der Waals surface area contributed by atoms with E-state index in [1.165, 1.54) is 24.3 Å². The molecule has 1 N–H and O–H groups in total. The molecular weight excluding hydrogens is 384 g/mol. The van der Waals surface area contributed by atoms with Crippen molar-refractivity contribution in [2.75, 3.05) is 33.2 Å². The Bertz CT molecular complexity index is 848. The van der Waals surface area contributed by atoms with Gasteiger partial charge in [-0.2, -0.15) is 0 Å². The van der Waals surface area contributed by atoms with Gasteiger partial charge in [0, 0.05) is 44.7 Å². The Kier molecular flexibility index (Phi) is 6.44. The molecule has 1 heterocycles. The highest BCUT2D eigenvalue weighted by Gasteiger charge is 2.41. The number of benzene rings is 2. The minimum absolute atomic E-state index is 0.0727. The van der Waals surface area contributed by atoms with Gasteiger partial charge >= 0.3 is 0 Å². The summed E-state index contributed by atoms with van der Waals surface area (Å²) >= 11 is 0. The summed E-state index contributed by atoms with van der Waals surface area (Å²) < 4.78 is 26.6. The fourth-order valence-corrected chi connectivity index (χ4v) is 4.68. The van der Waals surface area contributed by atoms with E-state index in [-0.39, 0.29) is 35.4 Å². The Labute approximate surface area is 176 Å². The largest absolute Gasteiger partial charge is 0.340 e. The van der Waals surface area contributed by atoms with Crippen LogP contribution in [0.5, 0.6) is 0 Å². The summed E-state index contributed by atoms with van der Waals surface area (Å²) in [6, 6.07) is 13.3. The van der Waals surface area contributed by atoms with Gasteiger partial charge in [0.05, 0.1) is 0 Å². The SMILES string of the molecule is CN1CCN(C(=O)[C@H]2C[C@@H](NCc3ccc(F)cc3)C[C@@H]2c2ccc(F)cc2)CC1. The molecule has 3 atom stereocenters. The van der Waals surface area contributed by atoms with Gasteiger partial charge in [0.2, 0.25) is 5.91 Å². The minimum Gasteiger partial charge on any atom is -0.340 e. The van der Waals surface area contributed by atoms with Gasteiger partial charge in [-0.1, -0.05) is 24.3 Å². The highest BCUT2D eigenvalue weighted by molar-refractivity contribution is 5.80. The van der Waals surface area contributed by atoms with Gasteiger partial charge in [0.15, 0.2) is 0 Å². The summed E-state index contributed by atoms with van der Waals surface area (Å²) in [5, 5.41) is 3.55. The third-order valence-electron chi connectivity index (χ3n) is 6.50. The molecule has 30 heavy (non-hydrogen) atoms. The first-order valence-electron chi connectivity index (χ1n) is 10.7. The maximum absolute atomic E-state index is 13.5. The summed E-state index contributed by atoms with van der Waals surface area (Å²) in [6.07, 6.45) is 1.59. The molecule has 1 saturated carbocycles. The molecule has 1 aliphatic carbocycles. The van der Waals surface area contributed by atoms with Crippen LogP contribution in [-0.2, 0) is 11.3 Å². The quantitative estimate of drug-likeness (QED) is 0.816. The van der Waals surface area contributed by atoms with E-state index in [0.29, 0.717) is 6.54 Å². The Morgan fingerprint density at radius 1 is 0.933 bits per heavy atom. The molecule has 2 aromatic carbocycles. The number of hydrogen-bond acceptors (Lipinski definition) is 3. The van der Waals surface area contributed by atoms with Crippen LogP contribution in [0.2, 0.25) is 0 Å². The van der Waals surface area contributed by atoms with E-state index in [1.54, 1.807) is 12.1 Å². The van der Waals surface area contributed by atoms with Crippen molar-refractivity contribution in [2.24, 2.45) is 5.92 Å². The van der Waals surface area contributed by atoms with Crippen molar-refractivity contribution in [1.29, 1.82) is 0 Å². The lowest BCUT2D eigenvalue weighted by atomic mass is 9.87. The van der Waals surface area contributed by atoms with Crippen LogP contribution in [-0.4, -0.2) is 55.0 Å². The van der Waals surface area contributed by atoms with Crippen molar-refractivity contribution in [1.82, 2.24) is 15.1 Å². The number of carbonyl (C=O) groups excluding carboxylic acids is 1. The number of rotatable bonds is 5. The van der Waals surface area contributed by atoms with Crippen LogP contribution in [0.15, 0.2) is 48.5 Å². The molecule has 1 saturated heterocycles. The smallest absolute Gasteiger partial charge is 0.226 e. The molecule has 4 rings (SSSR count). The molecule has 2 aliphatic rings. The third kappa shape index (κ3) is 4.87. The molecule has 6 heteroatoms. The fourth-order valence-electron chi connectivity index (χ4n) is 4.68. The summed E-state index contributed by atoms with van der Waals surface area (Å²) in [5.74, 6) is -0.324. The molecule has 0 radical (unpaired) electrons. The number of amides is 1. The summed E-state index contributed by atoms with van der Waals surface area (Å²) in [5.41, 5.74) is 2.04. The molecule has 160 valence electrons. The topological polar surface area (TPSA) is 35.6 Å². The Hall–Kier alpha value is -2.31. The van der Waals surface area contributed by atoms with Crippen LogP contribution < -0.4 is 5.32 Å². The molecule has 1 aliphatic heterocycles. The second-order valence-electron chi connectivity index (χ2n) is 8.57. The van der Waals surface area contributed by atoms with Crippen LogP contribution in [0.25, 0.3) is 0 Å². The molecule has 4 nitrogen and oxygen atoms in total. The number of hydrogen-bond donors (Lipinski definition) is 1. The fraction of sp³-hybridized carbons (Fsp3) is 0.458. The van der Waals surface area contributed by atoms with E-state index in [0.717, 1.165) is 50.1 Å². The maximum Gasteiger partial charge on any atom is 0.226 e. The molecule has 0 unspecified atom stereocenters. The van der Waals surface area contributed by atoms with E-state index >= 15 is 0 Å². The summed E-state index contributed by atoms with van der Waals surface area (Å²) in [4.78, 5) is 17.6. The average Bonchev–Trinajstić information content (AvgIpc) is 3.18. The first-order chi connectivity index (χ1) is 14.5. The zero-order valence-corrected chi connectivity index (χ0v) is 17.4. The van der Waals surface area contributed by atoms with Crippen molar-refractivity contribution in [3.05, 3.63) is 71.3 Å². The van der Waals surface area contributed by atoms with Gasteiger partial charge in [0.1, 0.15) is 11.6 Å². The minimum atomic E-state index is -0.260. The normalized spacial score (nSPS) is 24.9. The lowest BCUT2D eigenvalue weighted by Gasteiger charge is -2.35. The Morgan fingerprint density at radius 3 is 2.17 bits per heavy atom. The van der Waals surface area contributed by atoms with Gasteiger partial charge in [-0.05, 0) is 61.2 Å². The number of nitrogens with one attached hydrogen (secondary N) is 1. The number of likely N-dealkylation sites (N-methyl/N-ethyl adjacent to an activating group) is 1. The molecule has 0 bridgehead atoms. The van der Waals surface area contributed by atoms with Crippen molar-refractivity contribution in [2.45, 2.75) is 31.3 Å². The molecule has 0 spiro atoms. The number of nitrogens with zero attached hydrogens (tertiary/aromatic N) is 2. The second kappa shape index (κ2) is 9.23. The van der Waals surface area contributed by atoms with Crippen molar-refractivity contribution >= 4 is 5.91 Å². The number of piperazine rings is 1. The van der Waals surface area contributed by atoms with E-state index in [9.17, 15) is 13.6 Å². The van der Waals surface area contributed by atoms with Gasteiger partial charge in [-0.15, -0.1) is 0 Å². The zero-order valence-electron chi connectivity index (χ0n) is 17.4. The highest BCUT2D eigenvalue weighted by Crippen LogP contribution is 2.41.